The third-order valence-corrected chi connectivity index (χ3v) is 0.908. The van der Waals surface area contributed by atoms with Gasteiger partial charge in [-0.05, 0) is 0 Å². The van der Waals surface area contributed by atoms with E-state index in [0.29, 0.717) is 0 Å². The van der Waals surface area contributed by atoms with Crippen molar-refractivity contribution in [3.8, 4) is 0 Å². The highest BCUT2D eigenvalue weighted by Gasteiger charge is 2.06. The van der Waals surface area contributed by atoms with Crippen molar-refractivity contribution in [2.24, 2.45) is 27.3 Å². The molecule has 0 aromatic carbocycles. The van der Waals surface area contributed by atoms with E-state index in [0.717, 1.165) is 0 Å². The molecule has 6 nitrogen and oxygen atoms in total. The molecule has 0 radical (unpaired) electrons. The predicted molar refractivity (Wildman–Crippen MR) is 34.1 cm³/mol. The topological polar surface area (TPSA) is 106 Å². The quantitative estimate of drug-likeness (QED) is 0.321. The van der Waals surface area contributed by atoms with Gasteiger partial charge in [-0.2, -0.15) is 4.99 Å². The highest BCUT2D eigenvalue weighted by Crippen LogP contribution is 1.87. The molecule has 1 rings (SSSR count). The van der Waals surface area contributed by atoms with Crippen LogP contribution in [0.1, 0.15) is 0 Å². The zero-order valence-corrected chi connectivity index (χ0v) is 4.78. The molecule has 0 bridgehead atoms. The van der Waals surface area contributed by atoms with Crippen LogP contribution in [0, 0.1) is 0 Å². The lowest BCUT2D eigenvalue weighted by Crippen LogP contribution is -2.46. The number of hydrazine groups is 1. The fraction of sp³-hybridized carbons (Fsp3) is 0.333. The number of nitrogens with two attached hydrogens (primary N) is 3. The highest BCUT2D eigenvalue weighted by molar-refractivity contribution is 5.94. The molecule has 9 heavy (non-hydrogen) atoms. The molecule has 50 valence electrons. The number of nitrogens with zero attached hydrogens (tertiary/aromatic N) is 3. The van der Waals surface area contributed by atoms with Crippen LogP contribution in [0.15, 0.2) is 9.98 Å². The summed E-state index contributed by atoms with van der Waals surface area (Å²) in [4.78, 5) is 7.28. The van der Waals surface area contributed by atoms with E-state index < -0.39 is 0 Å². The van der Waals surface area contributed by atoms with Crippen LogP contribution in [-0.2, 0) is 0 Å². The van der Waals surface area contributed by atoms with Crippen molar-refractivity contribution in [2.45, 2.75) is 0 Å². The molecule has 0 atom stereocenters. The van der Waals surface area contributed by atoms with Crippen molar-refractivity contribution in [3.05, 3.63) is 0 Å². The second-order valence-electron chi connectivity index (χ2n) is 1.60. The standard InChI is InChI=1S/C3H8N6/c4-2-7-1-9(6)3(5)8-2/h1,6H2,(H4,4,5,7,8). The maximum absolute atomic E-state index is 5.26. The van der Waals surface area contributed by atoms with Gasteiger partial charge in [0.05, 0.1) is 0 Å². The largest absolute Gasteiger partial charge is 0.368 e. The van der Waals surface area contributed by atoms with E-state index >= 15 is 0 Å². The van der Waals surface area contributed by atoms with E-state index in [2.05, 4.69) is 9.98 Å². The molecule has 1 aliphatic rings. The van der Waals surface area contributed by atoms with Gasteiger partial charge in [0.15, 0.2) is 0 Å². The van der Waals surface area contributed by atoms with Crippen molar-refractivity contribution in [2.75, 3.05) is 6.67 Å². The lowest BCUT2D eigenvalue weighted by Gasteiger charge is -2.17. The van der Waals surface area contributed by atoms with E-state index in [1.54, 1.807) is 0 Å². The molecule has 0 aromatic heterocycles. The van der Waals surface area contributed by atoms with Crippen LogP contribution in [0.3, 0.4) is 0 Å². The van der Waals surface area contributed by atoms with Crippen LogP contribution in [-0.4, -0.2) is 23.6 Å². The minimum absolute atomic E-state index is 0.175. The number of hydrogen-bond donors (Lipinski definition) is 3. The highest BCUT2D eigenvalue weighted by atomic mass is 15.5. The second-order valence-corrected chi connectivity index (χ2v) is 1.60. The van der Waals surface area contributed by atoms with Crippen LogP contribution in [0.25, 0.3) is 0 Å². The van der Waals surface area contributed by atoms with Crippen LogP contribution in [0.4, 0.5) is 0 Å². The van der Waals surface area contributed by atoms with Crippen LogP contribution >= 0.6 is 0 Å². The Morgan fingerprint density at radius 2 is 2.11 bits per heavy atom. The van der Waals surface area contributed by atoms with E-state index in [1.165, 1.54) is 5.01 Å². The summed E-state index contributed by atoms with van der Waals surface area (Å²) in [6, 6.07) is 0. The summed E-state index contributed by atoms with van der Waals surface area (Å²) in [5, 5.41) is 1.20. The molecule has 0 saturated heterocycles. The minimum atomic E-state index is 0.175. The Kier molecular flexibility index (Phi) is 1.23. The average Bonchev–Trinajstić information content (AvgIpc) is 1.80. The van der Waals surface area contributed by atoms with Crippen molar-refractivity contribution in [1.29, 1.82) is 0 Å². The first-order valence-electron chi connectivity index (χ1n) is 2.36. The van der Waals surface area contributed by atoms with Gasteiger partial charge < -0.3 is 11.5 Å². The van der Waals surface area contributed by atoms with Crippen LogP contribution < -0.4 is 17.3 Å². The zero-order chi connectivity index (χ0) is 6.85. The van der Waals surface area contributed by atoms with E-state index in [9.17, 15) is 0 Å². The summed E-state index contributed by atoms with van der Waals surface area (Å²) in [7, 11) is 0. The van der Waals surface area contributed by atoms with Crippen LogP contribution in [0.5, 0.6) is 0 Å². The summed E-state index contributed by atoms with van der Waals surface area (Å²) >= 11 is 0. The van der Waals surface area contributed by atoms with Gasteiger partial charge in [0.2, 0.25) is 11.9 Å². The predicted octanol–water partition coefficient (Wildman–Crippen LogP) is -2.24. The summed E-state index contributed by atoms with van der Waals surface area (Å²) in [6.07, 6.45) is 0. The minimum Gasteiger partial charge on any atom is -0.368 e. The van der Waals surface area contributed by atoms with Crippen molar-refractivity contribution in [1.82, 2.24) is 5.01 Å². The lowest BCUT2D eigenvalue weighted by molar-refractivity contribution is 0.444. The van der Waals surface area contributed by atoms with E-state index in [4.69, 9.17) is 17.3 Å². The monoisotopic (exact) mass is 128 g/mol. The molecule has 6 heteroatoms. The third-order valence-electron chi connectivity index (χ3n) is 0.908. The normalized spacial score (nSPS) is 19.0. The Hall–Kier alpha value is -1.30. The maximum atomic E-state index is 5.26. The smallest absolute Gasteiger partial charge is 0.220 e. The van der Waals surface area contributed by atoms with Gasteiger partial charge >= 0.3 is 0 Å². The molecular formula is C3H8N6. The average molecular weight is 128 g/mol. The molecule has 0 amide bonds. The summed E-state index contributed by atoms with van der Waals surface area (Å²) in [6.45, 7) is 0.279. The fourth-order valence-corrected chi connectivity index (χ4v) is 0.438. The fourth-order valence-electron chi connectivity index (χ4n) is 0.438. The molecule has 0 unspecified atom stereocenters. The molecule has 1 aliphatic heterocycles. The van der Waals surface area contributed by atoms with Crippen molar-refractivity contribution >= 4 is 11.9 Å². The number of rotatable bonds is 0. The van der Waals surface area contributed by atoms with Gasteiger partial charge in [-0.1, -0.05) is 0 Å². The van der Waals surface area contributed by atoms with Gasteiger partial charge in [0, 0.05) is 0 Å². The summed E-state index contributed by atoms with van der Waals surface area (Å²) in [5.74, 6) is 5.63. The summed E-state index contributed by atoms with van der Waals surface area (Å²) in [5.41, 5.74) is 10.4. The second kappa shape index (κ2) is 1.90. The Morgan fingerprint density at radius 3 is 2.56 bits per heavy atom. The lowest BCUT2D eigenvalue weighted by atomic mass is 10.8. The van der Waals surface area contributed by atoms with Gasteiger partial charge in [0.1, 0.15) is 6.67 Å². The Balaban J connectivity index is 2.74. The first-order chi connectivity index (χ1) is 4.20. The van der Waals surface area contributed by atoms with E-state index in [-0.39, 0.29) is 18.6 Å². The first-order valence-corrected chi connectivity index (χ1v) is 2.36. The van der Waals surface area contributed by atoms with Gasteiger partial charge in [-0.25, -0.2) is 10.8 Å². The number of guanidine groups is 2. The van der Waals surface area contributed by atoms with Crippen LogP contribution in [0.2, 0.25) is 0 Å². The Bertz CT molecular complexity index is 169. The Labute approximate surface area is 52.0 Å². The van der Waals surface area contributed by atoms with E-state index in [1.807, 2.05) is 0 Å². The molecular weight excluding hydrogens is 120 g/mol. The van der Waals surface area contributed by atoms with Gasteiger partial charge in [0.25, 0.3) is 0 Å². The molecule has 6 N–H and O–H groups in total. The first kappa shape index (κ1) is 5.83. The molecule has 1 heterocycles. The van der Waals surface area contributed by atoms with Crippen molar-refractivity contribution in [3.63, 3.8) is 0 Å². The van der Waals surface area contributed by atoms with Crippen molar-refractivity contribution < 1.29 is 0 Å². The summed E-state index contributed by atoms with van der Waals surface area (Å²) < 4.78 is 0. The molecule has 0 aliphatic carbocycles. The third kappa shape index (κ3) is 1.08. The molecule has 0 spiro atoms. The number of aliphatic imine (C=N–C) groups is 2. The maximum Gasteiger partial charge on any atom is 0.220 e. The molecule has 0 saturated carbocycles. The van der Waals surface area contributed by atoms with Gasteiger partial charge in [-0.3, -0.25) is 5.01 Å². The number of hydrogen-bond acceptors (Lipinski definition) is 6. The SMILES string of the molecule is NC1=NCN(N)C(N)=N1. The Morgan fingerprint density at radius 1 is 1.44 bits per heavy atom. The molecule has 0 fully saturated rings. The molecule has 0 aromatic rings. The van der Waals surface area contributed by atoms with Gasteiger partial charge in [-0.15, -0.1) is 0 Å². The zero-order valence-electron chi connectivity index (χ0n) is 4.78.